The summed E-state index contributed by atoms with van der Waals surface area (Å²) in [7, 11) is 0. The summed E-state index contributed by atoms with van der Waals surface area (Å²) >= 11 is 0. The van der Waals surface area contributed by atoms with Gasteiger partial charge in [0.05, 0.1) is 6.21 Å². The summed E-state index contributed by atoms with van der Waals surface area (Å²) in [5.74, 6) is -0.622. The van der Waals surface area contributed by atoms with E-state index in [2.05, 4.69) is 20.7 Å². The Morgan fingerprint density at radius 2 is 2.22 bits per heavy atom. The van der Waals surface area contributed by atoms with Gasteiger partial charge in [0.2, 0.25) is 0 Å². The molecule has 92 valence electrons. The number of H-pyrrole nitrogens is 1. The van der Waals surface area contributed by atoms with Crippen molar-refractivity contribution in [2.75, 3.05) is 0 Å². The van der Waals surface area contributed by atoms with Gasteiger partial charge in [0.25, 0.3) is 5.91 Å². The Hall–Kier alpha value is -2.83. The van der Waals surface area contributed by atoms with E-state index < -0.39 is 5.91 Å². The molecule has 7 nitrogen and oxygen atoms in total. The van der Waals surface area contributed by atoms with E-state index in [0.29, 0.717) is 5.56 Å². The molecule has 0 unspecified atom stereocenters. The van der Waals surface area contributed by atoms with Crippen LogP contribution in [0.25, 0.3) is 0 Å². The number of aromatic nitrogens is 2. The van der Waals surface area contributed by atoms with Crippen molar-refractivity contribution in [2.45, 2.75) is 0 Å². The lowest BCUT2D eigenvalue weighted by molar-refractivity contribution is 0.0950. The number of hydrogen-bond acceptors (Lipinski definition) is 5. The smallest absolute Gasteiger partial charge is 0.289 e. The van der Waals surface area contributed by atoms with Gasteiger partial charge in [-0.15, -0.1) is 0 Å². The molecule has 4 N–H and O–H groups in total. The number of nitrogens with zero attached hydrogens (tertiary/aromatic N) is 2. The molecule has 0 bridgehead atoms. The minimum Gasteiger partial charge on any atom is -0.508 e. The molecule has 1 heterocycles. The van der Waals surface area contributed by atoms with Gasteiger partial charge in [0, 0.05) is 17.8 Å². The lowest BCUT2D eigenvalue weighted by Crippen LogP contribution is -2.17. The number of hydrogen-bond donors (Lipinski definition) is 4. The number of carbonyl (C=O) groups excluding carboxylic acids is 1. The molecular weight excluding hydrogens is 236 g/mol. The standard InChI is InChI=1S/C11H10N4O3/c16-8-2-1-7(10(17)5-8)6-13-15-11(18)9-3-4-12-14-9/h1-6,16-17H,(H,12,14)(H,15,18)/b13-6-. The molecule has 0 aliphatic carbocycles. The van der Waals surface area contributed by atoms with Crippen LogP contribution in [0.4, 0.5) is 0 Å². The van der Waals surface area contributed by atoms with Crippen LogP contribution in [0.3, 0.4) is 0 Å². The Morgan fingerprint density at radius 3 is 2.89 bits per heavy atom. The van der Waals surface area contributed by atoms with E-state index in [9.17, 15) is 9.90 Å². The molecule has 0 radical (unpaired) electrons. The largest absolute Gasteiger partial charge is 0.508 e. The van der Waals surface area contributed by atoms with Crippen LogP contribution in [0.5, 0.6) is 11.5 Å². The fourth-order valence-corrected chi connectivity index (χ4v) is 1.24. The average Bonchev–Trinajstić information content (AvgIpc) is 2.85. The molecule has 0 atom stereocenters. The summed E-state index contributed by atoms with van der Waals surface area (Å²) in [5.41, 5.74) is 2.91. The quantitative estimate of drug-likeness (QED) is 0.469. The summed E-state index contributed by atoms with van der Waals surface area (Å²) < 4.78 is 0. The summed E-state index contributed by atoms with van der Waals surface area (Å²) in [6.07, 6.45) is 2.72. The second kappa shape index (κ2) is 5.00. The molecule has 0 aliphatic heterocycles. The molecule has 1 aromatic carbocycles. The molecule has 0 saturated carbocycles. The Morgan fingerprint density at radius 1 is 1.39 bits per heavy atom. The number of hydrazone groups is 1. The number of amides is 1. The number of phenols is 2. The van der Waals surface area contributed by atoms with Crippen LogP contribution in [-0.4, -0.2) is 32.5 Å². The maximum Gasteiger partial charge on any atom is 0.289 e. The predicted molar refractivity (Wildman–Crippen MR) is 63.4 cm³/mol. The number of rotatable bonds is 3. The number of phenolic OH excluding ortho intramolecular Hbond substituents is 2. The third kappa shape index (κ3) is 2.64. The van der Waals surface area contributed by atoms with Crippen LogP contribution in [0.15, 0.2) is 35.6 Å². The van der Waals surface area contributed by atoms with E-state index in [0.717, 1.165) is 0 Å². The van der Waals surface area contributed by atoms with Gasteiger partial charge in [-0.2, -0.15) is 10.2 Å². The van der Waals surface area contributed by atoms with Crippen molar-refractivity contribution in [2.24, 2.45) is 5.10 Å². The lowest BCUT2D eigenvalue weighted by atomic mass is 10.2. The number of carbonyl (C=O) groups is 1. The van der Waals surface area contributed by atoms with Crippen LogP contribution < -0.4 is 5.43 Å². The topological polar surface area (TPSA) is 111 Å². The first-order chi connectivity index (χ1) is 8.66. The summed E-state index contributed by atoms with van der Waals surface area (Å²) in [6.45, 7) is 0. The van der Waals surface area contributed by atoms with Gasteiger partial charge in [-0.1, -0.05) is 0 Å². The van der Waals surface area contributed by atoms with Gasteiger partial charge in [-0.25, -0.2) is 5.43 Å². The van der Waals surface area contributed by atoms with Crippen molar-refractivity contribution in [3.8, 4) is 11.5 Å². The third-order valence-electron chi connectivity index (χ3n) is 2.13. The van der Waals surface area contributed by atoms with Gasteiger partial charge in [-0.3, -0.25) is 9.89 Å². The van der Waals surface area contributed by atoms with E-state index in [-0.39, 0.29) is 17.2 Å². The Labute approximate surface area is 102 Å². The summed E-state index contributed by atoms with van der Waals surface area (Å²) in [5, 5.41) is 28.3. The lowest BCUT2D eigenvalue weighted by Gasteiger charge is -1.99. The van der Waals surface area contributed by atoms with E-state index in [1.165, 1.54) is 36.7 Å². The van der Waals surface area contributed by atoms with Gasteiger partial charge >= 0.3 is 0 Å². The minimum atomic E-state index is -0.443. The van der Waals surface area contributed by atoms with E-state index in [1.807, 2.05) is 0 Å². The number of benzene rings is 1. The molecule has 0 aliphatic rings. The molecule has 0 saturated heterocycles. The maximum absolute atomic E-state index is 11.4. The SMILES string of the molecule is O=C(N/N=C\c1ccc(O)cc1O)c1ccn[nH]1. The van der Waals surface area contributed by atoms with E-state index in [1.54, 1.807) is 0 Å². The molecule has 2 aromatic rings. The second-order valence-corrected chi connectivity index (χ2v) is 3.41. The molecule has 2 rings (SSSR count). The maximum atomic E-state index is 11.4. The van der Waals surface area contributed by atoms with Crippen LogP contribution >= 0.6 is 0 Å². The van der Waals surface area contributed by atoms with Crippen LogP contribution in [0.2, 0.25) is 0 Å². The number of nitrogens with one attached hydrogen (secondary N) is 2. The van der Waals surface area contributed by atoms with Gasteiger partial charge < -0.3 is 10.2 Å². The normalized spacial score (nSPS) is 10.7. The van der Waals surface area contributed by atoms with E-state index in [4.69, 9.17) is 5.11 Å². The number of aromatic hydroxyl groups is 2. The summed E-state index contributed by atoms with van der Waals surface area (Å²) in [6, 6.07) is 5.55. The van der Waals surface area contributed by atoms with E-state index >= 15 is 0 Å². The van der Waals surface area contributed by atoms with Crippen molar-refractivity contribution in [1.82, 2.24) is 15.6 Å². The molecule has 7 heteroatoms. The zero-order valence-electron chi connectivity index (χ0n) is 9.16. The summed E-state index contributed by atoms with van der Waals surface area (Å²) in [4.78, 5) is 11.4. The van der Waals surface area contributed by atoms with Crippen molar-refractivity contribution in [1.29, 1.82) is 0 Å². The van der Waals surface area contributed by atoms with Gasteiger partial charge in [-0.05, 0) is 18.2 Å². The molecule has 1 amide bonds. The molecule has 0 fully saturated rings. The molecule has 0 spiro atoms. The third-order valence-corrected chi connectivity index (χ3v) is 2.13. The first-order valence-electron chi connectivity index (χ1n) is 5.01. The van der Waals surface area contributed by atoms with Crippen molar-refractivity contribution in [3.63, 3.8) is 0 Å². The van der Waals surface area contributed by atoms with Gasteiger partial charge in [0.1, 0.15) is 17.2 Å². The van der Waals surface area contributed by atoms with Crippen LogP contribution in [0, 0.1) is 0 Å². The average molecular weight is 246 g/mol. The Bertz CT molecular complexity index is 578. The van der Waals surface area contributed by atoms with Crippen LogP contribution in [-0.2, 0) is 0 Å². The zero-order valence-corrected chi connectivity index (χ0v) is 9.16. The fraction of sp³-hybridized carbons (Fsp3) is 0. The Kier molecular flexibility index (Phi) is 3.24. The highest BCUT2D eigenvalue weighted by molar-refractivity contribution is 5.93. The van der Waals surface area contributed by atoms with Crippen molar-refractivity contribution >= 4 is 12.1 Å². The highest BCUT2D eigenvalue weighted by Gasteiger charge is 2.04. The fourth-order valence-electron chi connectivity index (χ4n) is 1.24. The highest BCUT2D eigenvalue weighted by atomic mass is 16.3. The minimum absolute atomic E-state index is 0.0499. The highest BCUT2D eigenvalue weighted by Crippen LogP contribution is 2.20. The molecular formula is C11H10N4O3. The second-order valence-electron chi connectivity index (χ2n) is 3.41. The first-order valence-corrected chi connectivity index (χ1v) is 5.01. The van der Waals surface area contributed by atoms with Crippen molar-refractivity contribution in [3.05, 3.63) is 41.7 Å². The van der Waals surface area contributed by atoms with Crippen LogP contribution in [0.1, 0.15) is 16.1 Å². The first kappa shape index (κ1) is 11.6. The molecule has 1 aromatic heterocycles. The molecule has 18 heavy (non-hydrogen) atoms. The van der Waals surface area contributed by atoms with Crippen molar-refractivity contribution < 1.29 is 15.0 Å². The predicted octanol–water partition coefficient (Wildman–Crippen LogP) is 0.585. The Balaban J connectivity index is 2.01. The number of aromatic amines is 1. The van der Waals surface area contributed by atoms with Gasteiger partial charge in [0.15, 0.2) is 0 Å². The zero-order chi connectivity index (χ0) is 13.0. The monoisotopic (exact) mass is 246 g/mol.